The molecule has 3 rings (SSSR count). The van der Waals surface area contributed by atoms with Crippen molar-refractivity contribution in [3.05, 3.63) is 64.7 Å². The van der Waals surface area contributed by atoms with Crippen molar-refractivity contribution in [1.82, 2.24) is 5.01 Å². The van der Waals surface area contributed by atoms with E-state index in [-0.39, 0.29) is 31.4 Å². The van der Waals surface area contributed by atoms with Gasteiger partial charge in [0, 0.05) is 21.8 Å². The van der Waals surface area contributed by atoms with Crippen molar-refractivity contribution in [3.8, 4) is 6.07 Å². The summed E-state index contributed by atoms with van der Waals surface area (Å²) in [6, 6.07) is 15.5. The van der Waals surface area contributed by atoms with Gasteiger partial charge in [0.25, 0.3) is 11.8 Å². The van der Waals surface area contributed by atoms with E-state index in [4.69, 9.17) is 21.6 Å². The van der Waals surface area contributed by atoms with E-state index in [1.165, 1.54) is 5.01 Å². The average molecular weight is 383 g/mol. The first kappa shape index (κ1) is 18.4. The second-order valence-electron chi connectivity index (χ2n) is 5.66. The van der Waals surface area contributed by atoms with Crippen molar-refractivity contribution < 1.29 is 14.3 Å². The highest BCUT2D eigenvalue weighted by molar-refractivity contribution is 6.31. The second kappa shape index (κ2) is 8.34. The molecule has 0 saturated heterocycles. The summed E-state index contributed by atoms with van der Waals surface area (Å²) >= 11 is 5.90. The number of carbonyl (C=O) groups excluding carboxylic acids is 2. The molecule has 136 valence electrons. The number of ether oxygens (including phenoxy) is 1. The molecule has 1 aliphatic heterocycles. The van der Waals surface area contributed by atoms with Gasteiger partial charge in [0.2, 0.25) is 5.90 Å². The third-order valence-electron chi connectivity index (χ3n) is 3.74. The lowest BCUT2D eigenvalue weighted by molar-refractivity contribution is -0.135. The Kier molecular flexibility index (Phi) is 5.69. The van der Waals surface area contributed by atoms with Crippen LogP contribution in [0.5, 0.6) is 0 Å². The zero-order valence-electron chi connectivity index (χ0n) is 14.2. The number of carbonyl (C=O) groups is 2. The highest BCUT2D eigenvalue weighted by Gasteiger charge is 2.22. The van der Waals surface area contributed by atoms with Crippen molar-refractivity contribution in [1.29, 1.82) is 5.26 Å². The molecule has 0 bridgehead atoms. The molecule has 0 saturated carbocycles. The number of amides is 2. The summed E-state index contributed by atoms with van der Waals surface area (Å²) in [5, 5.41) is 17.3. The highest BCUT2D eigenvalue weighted by Crippen LogP contribution is 2.16. The van der Waals surface area contributed by atoms with Gasteiger partial charge in [-0.05, 0) is 42.5 Å². The number of anilines is 1. The molecule has 2 aromatic carbocycles. The van der Waals surface area contributed by atoms with Gasteiger partial charge in [-0.15, -0.1) is 5.10 Å². The first-order chi connectivity index (χ1) is 13.1. The molecule has 0 unspecified atom stereocenters. The number of benzene rings is 2. The van der Waals surface area contributed by atoms with Gasteiger partial charge in [0.15, 0.2) is 6.61 Å². The van der Waals surface area contributed by atoms with Crippen LogP contribution in [0.4, 0.5) is 5.69 Å². The molecule has 0 radical (unpaired) electrons. The molecule has 8 heteroatoms. The van der Waals surface area contributed by atoms with E-state index in [2.05, 4.69) is 10.4 Å². The number of nitriles is 1. The van der Waals surface area contributed by atoms with Crippen molar-refractivity contribution in [2.75, 3.05) is 18.5 Å². The average Bonchev–Trinajstić information content (AvgIpc) is 2.68. The summed E-state index contributed by atoms with van der Waals surface area (Å²) in [4.78, 5) is 24.0. The Morgan fingerprint density at radius 2 is 2.07 bits per heavy atom. The van der Waals surface area contributed by atoms with Gasteiger partial charge in [0.1, 0.15) is 0 Å². The molecule has 2 aromatic rings. The SMILES string of the molecule is N#CCCN1N=C(c2ccc(NC(=O)c3cccc(Cl)c3)cc2)OCC1=O. The Hall–Kier alpha value is -3.37. The quantitative estimate of drug-likeness (QED) is 0.859. The molecule has 0 fully saturated rings. The number of rotatable bonds is 5. The minimum absolute atomic E-state index is 0.127. The zero-order valence-corrected chi connectivity index (χ0v) is 14.9. The molecular weight excluding hydrogens is 368 g/mol. The van der Waals surface area contributed by atoms with Crippen molar-refractivity contribution in [3.63, 3.8) is 0 Å². The molecule has 2 amide bonds. The fraction of sp³-hybridized carbons (Fsp3) is 0.158. The fourth-order valence-electron chi connectivity index (χ4n) is 2.40. The summed E-state index contributed by atoms with van der Waals surface area (Å²) in [6.07, 6.45) is 0.191. The highest BCUT2D eigenvalue weighted by atomic mass is 35.5. The lowest BCUT2D eigenvalue weighted by Crippen LogP contribution is -2.37. The molecular formula is C19H15ClN4O3. The maximum atomic E-state index is 12.2. The Morgan fingerprint density at radius 1 is 1.30 bits per heavy atom. The van der Waals surface area contributed by atoms with Crippen molar-refractivity contribution >= 4 is 35.0 Å². The van der Waals surface area contributed by atoms with Crippen LogP contribution in [-0.4, -0.2) is 35.9 Å². The number of hydrazone groups is 1. The Balaban J connectivity index is 1.70. The molecule has 0 aliphatic carbocycles. The lowest BCUT2D eigenvalue weighted by Gasteiger charge is -2.23. The second-order valence-corrected chi connectivity index (χ2v) is 6.10. The maximum absolute atomic E-state index is 12.2. The monoisotopic (exact) mass is 382 g/mol. The minimum Gasteiger partial charge on any atom is -0.466 e. The number of nitrogens with zero attached hydrogens (tertiary/aromatic N) is 3. The molecule has 1 aliphatic rings. The van der Waals surface area contributed by atoms with Crippen LogP contribution < -0.4 is 5.32 Å². The number of nitrogens with one attached hydrogen (secondary N) is 1. The van der Waals surface area contributed by atoms with E-state index >= 15 is 0 Å². The van der Waals surface area contributed by atoms with Crippen LogP contribution >= 0.6 is 11.6 Å². The van der Waals surface area contributed by atoms with Crippen LogP contribution in [0.2, 0.25) is 5.02 Å². The predicted molar refractivity (Wildman–Crippen MR) is 100 cm³/mol. The van der Waals surface area contributed by atoms with E-state index < -0.39 is 0 Å². The Labute approximate surface area is 160 Å². The maximum Gasteiger partial charge on any atom is 0.280 e. The molecule has 1 N–H and O–H groups in total. The molecule has 0 spiro atoms. The van der Waals surface area contributed by atoms with E-state index in [0.717, 1.165) is 0 Å². The number of halogens is 1. The van der Waals surface area contributed by atoms with Crippen LogP contribution in [0, 0.1) is 11.3 Å². The van der Waals surface area contributed by atoms with E-state index in [0.29, 0.717) is 27.7 Å². The van der Waals surface area contributed by atoms with Crippen LogP contribution in [0.3, 0.4) is 0 Å². The molecule has 0 aromatic heterocycles. The topological polar surface area (TPSA) is 94.8 Å². The van der Waals surface area contributed by atoms with Crippen molar-refractivity contribution in [2.45, 2.75) is 6.42 Å². The molecule has 7 nitrogen and oxygen atoms in total. The van der Waals surface area contributed by atoms with Crippen LogP contribution in [0.1, 0.15) is 22.3 Å². The van der Waals surface area contributed by atoms with Gasteiger partial charge >= 0.3 is 0 Å². The van der Waals surface area contributed by atoms with Gasteiger partial charge in [-0.2, -0.15) is 5.26 Å². The fourth-order valence-corrected chi connectivity index (χ4v) is 2.59. The molecule has 0 atom stereocenters. The van der Waals surface area contributed by atoms with Crippen molar-refractivity contribution in [2.24, 2.45) is 5.10 Å². The predicted octanol–water partition coefficient (Wildman–Crippen LogP) is 3.03. The minimum atomic E-state index is -0.292. The lowest BCUT2D eigenvalue weighted by atomic mass is 10.1. The van der Waals surface area contributed by atoms with E-state index in [1.807, 2.05) is 6.07 Å². The normalized spacial score (nSPS) is 13.4. The number of hydrogen-bond acceptors (Lipinski definition) is 5. The first-order valence-corrected chi connectivity index (χ1v) is 8.50. The summed E-state index contributed by atoms with van der Waals surface area (Å²) in [7, 11) is 0. The van der Waals surface area contributed by atoms with E-state index in [1.54, 1.807) is 48.5 Å². The smallest absolute Gasteiger partial charge is 0.280 e. The van der Waals surface area contributed by atoms with Crippen LogP contribution in [-0.2, 0) is 9.53 Å². The summed E-state index contributed by atoms with van der Waals surface area (Å²) in [5.41, 5.74) is 1.71. The number of hydrogen-bond donors (Lipinski definition) is 1. The molecule has 27 heavy (non-hydrogen) atoms. The van der Waals surface area contributed by atoms with Gasteiger partial charge in [-0.25, -0.2) is 5.01 Å². The van der Waals surface area contributed by atoms with E-state index in [9.17, 15) is 9.59 Å². The van der Waals surface area contributed by atoms with Crippen LogP contribution in [0.25, 0.3) is 0 Å². The third kappa shape index (κ3) is 4.63. The largest absolute Gasteiger partial charge is 0.466 e. The third-order valence-corrected chi connectivity index (χ3v) is 3.98. The van der Waals surface area contributed by atoms with Gasteiger partial charge < -0.3 is 10.1 Å². The summed E-state index contributed by atoms with van der Waals surface area (Å²) in [5.74, 6) is -0.274. The van der Waals surface area contributed by atoms with Gasteiger partial charge in [-0.3, -0.25) is 9.59 Å². The Morgan fingerprint density at radius 3 is 2.78 bits per heavy atom. The summed E-state index contributed by atoms with van der Waals surface area (Å²) < 4.78 is 5.36. The Bertz CT molecular complexity index is 935. The standard InChI is InChI=1S/C19H15ClN4O3/c20-15-4-1-3-14(11-15)18(26)22-16-7-5-13(6-8-16)19-23-24(10-2-9-21)17(25)12-27-19/h1,3-8,11H,2,10,12H2,(H,22,26). The first-order valence-electron chi connectivity index (χ1n) is 8.13. The zero-order chi connectivity index (χ0) is 19.2. The van der Waals surface area contributed by atoms with Gasteiger partial charge in [-0.1, -0.05) is 17.7 Å². The summed E-state index contributed by atoms with van der Waals surface area (Å²) in [6.45, 7) is 0.0908. The molecule has 1 heterocycles. The van der Waals surface area contributed by atoms with Gasteiger partial charge in [0.05, 0.1) is 19.0 Å². The van der Waals surface area contributed by atoms with Crippen LogP contribution in [0.15, 0.2) is 53.6 Å².